The molecule has 11 aromatic heterocycles. The van der Waals surface area contributed by atoms with E-state index in [2.05, 4.69) is 76.1 Å². The van der Waals surface area contributed by atoms with Crippen LogP contribution in [-0.4, -0.2) is 140 Å². The molecule has 7 N–H and O–H groups in total. The summed E-state index contributed by atoms with van der Waals surface area (Å²) in [7, 11) is -9.05. The fraction of sp³-hybridized carbons (Fsp3) is 0.257. The third-order valence-electron chi connectivity index (χ3n) is 17.9. The molecule has 3 aliphatic rings. The maximum Gasteiger partial charge on any atom is 0.262 e. The summed E-state index contributed by atoms with van der Waals surface area (Å²) in [5.41, 5.74) is 8.08. The molecule has 15 rings (SSSR count). The van der Waals surface area contributed by atoms with Crippen LogP contribution in [0, 0.1) is 51.7 Å². The molecule has 522 valence electrons. The number of amides is 1. The average Bonchev–Trinajstić information content (AvgIpc) is 1.75. The average molecular weight is 1490 g/mol. The number of H-pyrrole nitrogens is 3. The lowest BCUT2D eigenvalue weighted by molar-refractivity contribution is 0.0964. The summed E-state index contributed by atoms with van der Waals surface area (Å²) in [6, 6.07) is 23.7. The van der Waals surface area contributed by atoms with Crippen LogP contribution in [0.15, 0.2) is 150 Å². The van der Waals surface area contributed by atoms with Crippen molar-refractivity contribution in [2.24, 2.45) is 17.8 Å². The lowest BCUT2D eigenvalue weighted by atomic mass is 9.81. The van der Waals surface area contributed by atoms with Crippen molar-refractivity contribution in [1.29, 1.82) is 15.8 Å². The van der Waals surface area contributed by atoms with Gasteiger partial charge in [0.2, 0.25) is 0 Å². The Morgan fingerprint density at radius 3 is 1.18 bits per heavy atom. The fourth-order valence-corrected chi connectivity index (χ4v) is 20.0. The standard InChI is InChI=1S/C24H22N6O3S2.2C23H20N6O3S2/c1-26-23(31)20-12-29-24(34-20)19-11-28-22-18(5-6-27-22)21(19)30-16-7-15(8-16)13-35(32,33)17-4-2-3-14(9-17)10-25;2*1-13(30)19-11-28-23(33-19)18-10-27-22-17(3-5-26-22)21(18)29-16-6-15(7-16)12-34(31,32)20-8-14(9-24)2-4-25-20/h2-6,9,11-12,15-16H,7-8,13H2,1H3,(H,26,31)(H2,27,28,30);2*2-5,8,10-11,15-16H,6-7,12H2,1H3,(H2,26,27,29). The summed E-state index contributed by atoms with van der Waals surface area (Å²) in [5.74, 6) is -0.229. The first-order valence-corrected chi connectivity index (χ1v) is 39.7. The predicted molar refractivity (Wildman–Crippen MR) is 391 cm³/mol. The van der Waals surface area contributed by atoms with Crippen molar-refractivity contribution in [3.63, 3.8) is 0 Å². The number of hydrogen-bond donors (Lipinski definition) is 7. The number of benzene rings is 1. The molecule has 27 nitrogen and oxygen atoms in total. The number of aromatic amines is 3. The number of ketones is 2. The van der Waals surface area contributed by atoms with Gasteiger partial charge in [0.25, 0.3) is 5.91 Å². The van der Waals surface area contributed by atoms with Crippen molar-refractivity contribution in [1.82, 2.24) is 60.1 Å². The maximum absolute atomic E-state index is 12.8. The Hall–Kier alpha value is -11.0. The van der Waals surface area contributed by atoms with Crippen molar-refractivity contribution in [3.05, 3.63) is 166 Å². The molecule has 0 aliphatic heterocycles. The zero-order chi connectivity index (χ0) is 72.3. The number of carbonyl (C=O) groups excluding carboxylic acids is 3. The number of Topliss-reactive ketones (excluding diaryl/α,β-unsaturated/α-hetero) is 2. The Kier molecular flexibility index (Phi) is 20.2. The van der Waals surface area contributed by atoms with E-state index in [1.807, 2.05) is 55.0 Å². The molecule has 11 heterocycles. The smallest absolute Gasteiger partial charge is 0.262 e. The first-order valence-electron chi connectivity index (χ1n) is 32.3. The van der Waals surface area contributed by atoms with E-state index in [0.29, 0.717) is 73.7 Å². The van der Waals surface area contributed by atoms with Gasteiger partial charge >= 0.3 is 0 Å². The molecular formula is C70H62N18O9S6. The molecule has 103 heavy (non-hydrogen) atoms. The van der Waals surface area contributed by atoms with Gasteiger partial charge in [-0.25, -0.2) is 65.1 Å². The molecule has 1 aromatic carbocycles. The van der Waals surface area contributed by atoms with Crippen LogP contribution in [0.25, 0.3) is 64.8 Å². The summed E-state index contributed by atoms with van der Waals surface area (Å²) in [5, 5.41) is 45.1. The van der Waals surface area contributed by atoms with Crippen LogP contribution in [0.3, 0.4) is 0 Å². The molecule has 3 fully saturated rings. The number of rotatable bonds is 21. The quantitative estimate of drug-likeness (QED) is 0.0329. The molecule has 3 aliphatic carbocycles. The van der Waals surface area contributed by atoms with Crippen LogP contribution < -0.4 is 21.3 Å². The van der Waals surface area contributed by atoms with Gasteiger partial charge < -0.3 is 36.2 Å². The normalized spacial score (nSPS) is 17.7. The largest absolute Gasteiger partial charge is 0.381 e. The monoisotopic (exact) mass is 1490 g/mol. The maximum atomic E-state index is 12.8. The summed E-state index contributed by atoms with van der Waals surface area (Å²) in [6.07, 6.45) is 22.2. The summed E-state index contributed by atoms with van der Waals surface area (Å²) in [6.45, 7) is 3.03. The number of nitriles is 3. The van der Waals surface area contributed by atoms with E-state index in [4.69, 9.17) is 15.8 Å². The predicted octanol–water partition coefficient (Wildman–Crippen LogP) is 11.2. The highest BCUT2D eigenvalue weighted by Gasteiger charge is 2.38. The van der Waals surface area contributed by atoms with Crippen LogP contribution in [0.2, 0.25) is 0 Å². The van der Waals surface area contributed by atoms with E-state index in [-0.39, 0.29) is 96.7 Å². The van der Waals surface area contributed by atoms with Gasteiger partial charge in [0.15, 0.2) is 51.1 Å². The molecule has 1 amide bonds. The van der Waals surface area contributed by atoms with Gasteiger partial charge in [-0.05, 0) is 117 Å². The van der Waals surface area contributed by atoms with E-state index in [0.717, 1.165) is 66.9 Å². The van der Waals surface area contributed by atoms with Crippen LogP contribution in [0.1, 0.15) is 98.1 Å². The Morgan fingerprint density at radius 1 is 0.466 bits per heavy atom. The van der Waals surface area contributed by atoms with Crippen LogP contribution >= 0.6 is 34.0 Å². The van der Waals surface area contributed by atoms with Crippen LogP contribution in [0.4, 0.5) is 17.1 Å². The molecule has 33 heteroatoms. The molecule has 0 unspecified atom stereocenters. The molecule has 0 atom stereocenters. The lowest BCUT2D eigenvalue weighted by Gasteiger charge is -2.36. The van der Waals surface area contributed by atoms with Gasteiger partial charge in [0.1, 0.15) is 36.8 Å². The van der Waals surface area contributed by atoms with Gasteiger partial charge in [-0.1, -0.05) is 6.07 Å². The Bertz CT molecular complexity index is 5530. The van der Waals surface area contributed by atoms with Crippen molar-refractivity contribution < 1.29 is 39.6 Å². The summed E-state index contributed by atoms with van der Waals surface area (Å²) < 4.78 is 76.8. The summed E-state index contributed by atoms with van der Waals surface area (Å²) >= 11 is 3.93. The first kappa shape index (κ1) is 70.4. The number of sulfone groups is 3. The number of nitrogens with zero attached hydrogens (tertiary/aromatic N) is 11. The number of pyridine rings is 5. The van der Waals surface area contributed by atoms with Gasteiger partial charge in [0.05, 0.1) is 107 Å². The number of thiazole rings is 3. The van der Waals surface area contributed by atoms with E-state index in [9.17, 15) is 39.6 Å². The van der Waals surface area contributed by atoms with Crippen molar-refractivity contribution in [2.75, 3.05) is 40.3 Å². The highest BCUT2D eigenvalue weighted by Crippen LogP contribution is 2.44. The minimum absolute atomic E-state index is 0.00813. The molecule has 0 saturated heterocycles. The first-order chi connectivity index (χ1) is 49.5. The number of aromatic nitrogens is 11. The zero-order valence-electron chi connectivity index (χ0n) is 55.1. The topological polar surface area (TPSA) is 424 Å². The van der Waals surface area contributed by atoms with Crippen molar-refractivity contribution >= 4 is 131 Å². The molecule has 0 radical (unpaired) electrons. The van der Waals surface area contributed by atoms with Gasteiger partial charge in [-0.15, -0.1) is 34.0 Å². The number of fused-ring (bicyclic) bond motifs is 3. The second-order valence-corrected chi connectivity index (χ2v) is 34.2. The number of carbonyl (C=O) groups is 3. The van der Waals surface area contributed by atoms with E-state index in [1.165, 1.54) is 96.6 Å². The zero-order valence-corrected chi connectivity index (χ0v) is 60.0. The van der Waals surface area contributed by atoms with Crippen molar-refractivity contribution in [2.45, 2.75) is 85.4 Å². The minimum atomic E-state index is -3.58. The van der Waals surface area contributed by atoms with Crippen LogP contribution in [-0.2, 0) is 29.5 Å². The minimum Gasteiger partial charge on any atom is -0.381 e. The third-order valence-corrected chi connectivity index (χ3v) is 26.6. The second-order valence-electron chi connectivity index (χ2n) is 25.2. The second kappa shape index (κ2) is 29.5. The molecule has 3 saturated carbocycles. The fourth-order valence-electron chi connectivity index (χ4n) is 12.6. The van der Waals surface area contributed by atoms with E-state index in [1.54, 1.807) is 56.4 Å². The van der Waals surface area contributed by atoms with Gasteiger partial charge in [-0.3, -0.25) is 14.4 Å². The van der Waals surface area contributed by atoms with Gasteiger partial charge in [-0.2, -0.15) is 15.8 Å². The van der Waals surface area contributed by atoms with Crippen molar-refractivity contribution in [3.8, 4) is 49.9 Å². The molecular weight excluding hydrogens is 1430 g/mol. The third kappa shape index (κ3) is 15.5. The number of hydrogen-bond acceptors (Lipinski definition) is 26. The molecule has 0 bridgehead atoms. The molecule has 12 aromatic rings. The lowest BCUT2D eigenvalue weighted by Crippen LogP contribution is -2.39. The van der Waals surface area contributed by atoms with E-state index >= 15 is 0 Å². The Labute approximate surface area is 602 Å². The van der Waals surface area contributed by atoms with E-state index < -0.39 is 29.5 Å². The molecule has 0 spiro atoms. The number of nitrogens with one attached hydrogen (secondary N) is 7. The summed E-state index contributed by atoms with van der Waals surface area (Å²) in [4.78, 5) is 81.3. The Balaban J connectivity index is 0.000000138. The highest BCUT2D eigenvalue weighted by atomic mass is 32.2. The van der Waals surface area contributed by atoms with Gasteiger partial charge in [0, 0.05) is 117 Å². The SMILES string of the molecule is CC(=O)c1cnc(-c2cnc3[nH]ccc3c2NC2CC(CS(=O)(=O)c3cc(C#N)ccn3)C2)s1.CC(=O)c1cnc(-c2cnc3[nH]ccc3c2NC2CC(CS(=O)(=O)c3cc(C#N)ccn3)C2)s1.CNC(=O)c1cnc(-c2cnc3[nH]ccc3c2NC2CC(CS(=O)(=O)c3cccc(C#N)c3)C2)s1. The number of anilines is 3. The van der Waals surface area contributed by atoms with Crippen LogP contribution in [0.5, 0.6) is 0 Å². The highest BCUT2D eigenvalue weighted by molar-refractivity contribution is 7.92. The Morgan fingerprint density at radius 2 is 0.825 bits per heavy atom.